The predicted molar refractivity (Wildman–Crippen MR) is 106 cm³/mol. The number of carbonyl (C=O) groups excluding carboxylic acids is 2. The Kier molecular flexibility index (Phi) is 9.45. The van der Waals surface area contributed by atoms with Crippen molar-refractivity contribution in [2.24, 2.45) is 5.73 Å². The molecule has 0 atom stereocenters. The molecule has 2 heterocycles. The van der Waals surface area contributed by atoms with Crippen LogP contribution in [0, 0.1) is 0 Å². The van der Waals surface area contributed by atoms with Gasteiger partial charge in [0.2, 0.25) is 0 Å². The molecule has 7 nitrogen and oxygen atoms in total. The van der Waals surface area contributed by atoms with Gasteiger partial charge in [-0.2, -0.15) is 0 Å². The molecule has 2 aromatic rings. The molecule has 148 valence electrons. The zero-order valence-electron chi connectivity index (χ0n) is 15.7. The molecule has 1 aliphatic heterocycles. The van der Waals surface area contributed by atoms with Crippen LogP contribution in [0.2, 0.25) is 10.0 Å². The Bertz CT molecular complexity index is 815. The first-order chi connectivity index (χ1) is 12.9. The zero-order chi connectivity index (χ0) is 20.6. The summed E-state index contributed by atoms with van der Waals surface area (Å²) in [7, 11) is 5.17. The summed E-state index contributed by atoms with van der Waals surface area (Å²) in [6, 6.07) is 1.93. The highest BCUT2D eigenvalue weighted by atomic mass is 35.5. The average molecular weight is 416 g/mol. The highest BCUT2D eigenvalue weighted by Gasteiger charge is 2.22. The summed E-state index contributed by atoms with van der Waals surface area (Å²) in [5.41, 5.74) is 7.75. The minimum atomic E-state index is -0.424. The first-order valence-corrected chi connectivity index (χ1v) is 8.80. The molecule has 1 aromatic carbocycles. The predicted octanol–water partition coefficient (Wildman–Crippen LogP) is 2.82. The van der Waals surface area contributed by atoms with Crippen molar-refractivity contribution in [2.75, 3.05) is 27.8 Å². The molecule has 0 spiro atoms. The van der Waals surface area contributed by atoms with Crippen molar-refractivity contribution >= 4 is 46.4 Å². The van der Waals surface area contributed by atoms with Crippen molar-refractivity contribution in [3.63, 3.8) is 0 Å². The zero-order valence-corrected chi connectivity index (χ0v) is 17.2. The molecule has 1 aliphatic rings. The maximum Gasteiger partial charge on any atom is 0.303 e. The molecule has 0 bridgehead atoms. The van der Waals surface area contributed by atoms with E-state index in [0.717, 1.165) is 24.0 Å². The van der Waals surface area contributed by atoms with E-state index in [2.05, 4.69) is 27.4 Å². The van der Waals surface area contributed by atoms with E-state index >= 15 is 0 Å². The minimum absolute atomic E-state index is 0.130. The van der Waals surface area contributed by atoms with Crippen LogP contribution in [0.25, 0.3) is 10.9 Å². The van der Waals surface area contributed by atoms with Crippen LogP contribution in [0.3, 0.4) is 0 Å². The second kappa shape index (κ2) is 11.0. The number of esters is 1. The number of carbonyl (C=O) groups is 2. The van der Waals surface area contributed by atoms with Gasteiger partial charge < -0.3 is 15.2 Å². The van der Waals surface area contributed by atoms with E-state index in [4.69, 9.17) is 27.9 Å². The molecule has 0 unspecified atom stereocenters. The number of pyridine rings is 1. The molecule has 9 heteroatoms. The minimum Gasteiger partial charge on any atom is -0.495 e. The Morgan fingerprint density at radius 3 is 2.52 bits per heavy atom. The largest absolute Gasteiger partial charge is 0.495 e. The fourth-order valence-corrected chi connectivity index (χ4v) is 3.05. The van der Waals surface area contributed by atoms with E-state index in [0.29, 0.717) is 22.1 Å². The lowest BCUT2D eigenvalue weighted by Gasteiger charge is -2.10. The van der Waals surface area contributed by atoms with E-state index in [9.17, 15) is 9.59 Å². The lowest BCUT2D eigenvalue weighted by Crippen LogP contribution is -2.07. The van der Waals surface area contributed by atoms with Crippen molar-refractivity contribution in [3.05, 3.63) is 33.4 Å². The van der Waals surface area contributed by atoms with Crippen LogP contribution in [0.5, 0.6) is 5.75 Å². The Morgan fingerprint density at radius 1 is 1.33 bits per heavy atom. The smallest absolute Gasteiger partial charge is 0.303 e. The number of rotatable bonds is 3. The van der Waals surface area contributed by atoms with Crippen molar-refractivity contribution in [1.29, 1.82) is 0 Å². The third-order valence-corrected chi connectivity index (χ3v) is 4.49. The van der Waals surface area contributed by atoms with Gasteiger partial charge in [0.1, 0.15) is 17.4 Å². The maximum atomic E-state index is 9.82. The Morgan fingerprint density at radius 2 is 2.00 bits per heavy atom. The molecule has 0 fully saturated rings. The molecular formula is C18H23Cl2N3O4. The monoisotopic (exact) mass is 415 g/mol. The highest BCUT2D eigenvalue weighted by molar-refractivity contribution is 6.46. The SMILES string of the molecule is CC(=O)OCC=O.CN.COc1cc2c3c(cnc2c(Cl)c1Cl)CN(C)C3. The lowest BCUT2D eigenvalue weighted by atomic mass is 10.1. The molecule has 0 radical (unpaired) electrons. The van der Waals surface area contributed by atoms with Gasteiger partial charge >= 0.3 is 5.97 Å². The number of aromatic nitrogens is 1. The van der Waals surface area contributed by atoms with Gasteiger partial charge in [-0.25, -0.2) is 0 Å². The van der Waals surface area contributed by atoms with Crippen molar-refractivity contribution < 1.29 is 19.1 Å². The molecule has 0 saturated heterocycles. The van der Waals surface area contributed by atoms with E-state index in [1.807, 2.05) is 12.3 Å². The van der Waals surface area contributed by atoms with Gasteiger partial charge in [0, 0.05) is 31.6 Å². The quantitative estimate of drug-likeness (QED) is 0.607. The molecule has 2 N–H and O–H groups in total. The van der Waals surface area contributed by atoms with Gasteiger partial charge in [-0.3, -0.25) is 19.5 Å². The van der Waals surface area contributed by atoms with Gasteiger partial charge in [-0.05, 0) is 31.3 Å². The number of methoxy groups -OCH3 is 1. The van der Waals surface area contributed by atoms with Gasteiger partial charge in [0.25, 0.3) is 0 Å². The summed E-state index contributed by atoms with van der Waals surface area (Å²) in [6.45, 7) is 2.94. The molecule has 0 amide bonds. The first-order valence-electron chi connectivity index (χ1n) is 8.04. The third-order valence-electron chi connectivity index (χ3n) is 3.65. The number of hydrogen-bond donors (Lipinski definition) is 1. The first kappa shape index (κ1) is 23.1. The number of nitrogens with two attached hydrogens (primary N) is 1. The summed E-state index contributed by atoms with van der Waals surface area (Å²) < 4.78 is 9.45. The van der Waals surface area contributed by atoms with Crippen LogP contribution < -0.4 is 10.5 Å². The fourth-order valence-electron chi connectivity index (χ4n) is 2.58. The average Bonchev–Trinajstić information content (AvgIpc) is 3.05. The van der Waals surface area contributed by atoms with E-state index < -0.39 is 5.97 Å². The van der Waals surface area contributed by atoms with Crippen molar-refractivity contribution in [2.45, 2.75) is 20.0 Å². The second-order valence-corrected chi connectivity index (χ2v) is 6.26. The molecule has 0 aliphatic carbocycles. The second-order valence-electron chi connectivity index (χ2n) is 5.51. The van der Waals surface area contributed by atoms with Gasteiger partial charge in [-0.1, -0.05) is 23.2 Å². The molecule has 27 heavy (non-hydrogen) atoms. The summed E-state index contributed by atoms with van der Waals surface area (Å²) in [6.07, 6.45) is 2.41. The Hall–Kier alpha value is -1.93. The van der Waals surface area contributed by atoms with E-state index in [1.54, 1.807) is 7.11 Å². The third kappa shape index (κ3) is 5.77. The van der Waals surface area contributed by atoms with Crippen LogP contribution >= 0.6 is 23.2 Å². The van der Waals surface area contributed by atoms with Crippen LogP contribution in [-0.2, 0) is 27.4 Å². The molecule has 1 aromatic heterocycles. The van der Waals surface area contributed by atoms with Gasteiger partial charge in [-0.15, -0.1) is 0 Å². The number of ether oxygens (including phenoxy) is 2. The summed E-state index contributed by atoms with van der Waals surface area (Å²) in [5, 5.41) is 1.91. The topological polar surface area (TPSA) is 94.8 Å². The van der Waals surface area contributed by atoms with Crippen molar-refractivity contribution in [3.8, 4) is 5.75 Å². The summed E-state index contributed by atoms with van der Waals surface area (Å²) in [4.78, 5) is 25.9. The van der Waals surface area contributed by atoms with Gasteiger partial charge in [0.15, 0.2) is 6.29 Å². The Balaban J connectivity index is 0.000000346. The summed E-state index contributed by atoms with van der Waals surface area (Å²) in [5.74, 6) is 0.172. The van der Waals surface area contributed by atoms with E-state index in [1.165, 1.54) is 25.1 Å². The molecular weight excluding hydrogens is 393 g/mol. The van der Waals surface area contributed by atoms with Crippen LogP contribution in [0.4, 0.5) is 0 Å². The maximum absolute atomic E-state index is 9.82. The summed E-state index contributed by atoms with van der Waals surface area (Å²) >= 11 is 12.4. The fraction of sp³-hybridized carbons (Fsp3) is 0.389. The van der Waals surface area contributed by atoms with E-state index in [-0.39, 0.29) is 6.61 Å². The number of hydrogen-bond acceptors (Lipinski definition) is 7. The molecule has 0 saturated carbocycles. The number of nitrogens with zero attached hydrogens (tertiary/aromatic N) is 2. The standard InChI is InChI=1S/C13H12Cl2N2O.C4H6O3.CH5N/c1-17-5-7-4-16-13-8(9(7)6-17)3-10(18-2)11(14)12(13)15;1-4(6)7-3-2-5;1-2/h3-4H,5-6H2,1-2H3;2H,3H2,1H3;2H2,1H3. The van der Waals surface area contributed by atoms with Crippen molar-refractivity contribution in [1.82, 2.24) is 9.88 Å². The number of halogens is 2. The normalized spacial score (nSPS) is 12.3. The number of aldehydes is 1. The lowest BCUT2D eigenvalue weighted by molar-refractivity contribution is -0.143. The van der Waals surface area contributed by atoms with Crippen LogP contribution in [0.15, 0.2) is 12.3 Å². The Labute approximate surface area is 168 Å². The highest BCUT2D eigenvalue weighted by Crippen LogP contribution is 2.40. The number of fused-ring (bicyclic) bond motifs is 3. The van der Waals surface area contributed by atoms with Crippen LogP contribution in [0.1, 0.15) is 18.1 Å². The number of benzene rings is 1. The van der Waals surface area contributed by atoms with Gasteiger partial charge in [0.05, 0.1) is 17.6 Å². The molecule has 3 rings (SSSR count). The van der Waals surface area contributed by atoms with Crippen LogP contribution in [-0.4, -0.2) is 50.0 Å².